The maximum atomic E-state index is 8.89. The number of aliphatic carboxylic acids is 1. The van der Waals surface area contributed by atoms with Crippen LogP contribution in [-0.2, 0) is 45.6 Å². The van der Waals surface area contributed by atoms with Gasteiger partial charge in [0.2, 0.25) is 0 Å². The van der Waals surface area contributed by atoms with E-state index in [4.69, 9.17) is 9.90 Å². The quantitative estimate of drug-likeness (QED) is 0.470. The molecule has 0 aliphatic heterocycles. The summed E-state index contributed by atoms with van der Waals surface area (Å²) in [6, 6.07) is 0. The van der Waals surface area contributed by atoms with Crippen molar-refractivity contribution < 1.29 is 50.7 Å². The average Bonchev–Trinajstić information content (AvgIpc) is 0.811. The van der Waals surface area contributed by atoms with E-state index in [1.165, 1.54) is 0 Å². The molecule has 0 fully saturated rings. The van der Waals surface area contributed by atoms with Gasteiger partial charge in [0.1, 0.15) is 0 Å². The van der Waals surface area contributed by atoms with Crippen molar-refractivity contribution in [1.29, 1.82) is 0 Å². The Labute approximate surface area is 85.7 Å². The Morgan fingerprint density at radius 1 is 1.11 bits per heavy atom. The van der Waals surface area contributed by atoms with E-state index in [0.717, 1.165) is 6.92 Å². The number of carboxylic acid groups (broad SMARTS) is 1. The van der Waals surface area contributed by atoms with Gasteiger partial charge in [-0.3, -0.25) is 0 Å². The predicted molar refractivity (Wildman–Crippen MR) is 29.9 cm³/mol. The summed E-state index contributed by atoms with van der Waals surface area (Å²) < 4.78 is 0. The fraction of sp³-hybridized carbons (Fsp3) is 0.200. The standard InChI is InChI=1S/C2H4O2.3CH3.2Pd/c1-2(3)4;;;;;/h1H3,(H,3,4);3*1H3;;/q;3*-1;2*+2/p-1. The second kappa shape index (κ2) is 37.1. The van der Waals surface area contributed by atoms with E-state index in [2.05, 4.69) is 0 Å². The summed E-state index contributed by atoms with van der Waals surface area (Å²) in [4.78, 5) is 8.89. The molecule has 0 aromatic heterocycles. The summed E-state index contributed by atoms with van der Waals surface area (Å²) >= 11 is 0. The molecule has 0 N–H and O–H groups in total. The zero-order valence-corrected chi connectivity index (χ0v) is 9.06. The molecular formula is C5H12O2Pd2. The number of rotatable bonds is 0. The monoisotopic (exact) mass is 316 g/mol. The van der Waals surface area contributed by atoms with Gasteiger partial charge in [0.25, 0.3) is 0 Å². The molecule has 0 unspecified atom stereocenters. The molecule has 64 valence electrons. The summed E-state index contributed by atoms with van der Waals surface area (Å²) in [6.07, 6.45) is 0. The molecule has 0 radical (unpaired) electrons. The molecule has 0 spiro atoms. The van der Waals surface area contributed by atoms with E-state index >= 15 is 0 Å². The molecule has 4 heteroatoms. The Morgan fingerprint density at radius 3 is 1.11 bits per heavy atom. The number of hydrogen-bond donors (Lipinski definition) is 0. The van der Waals surface area contributed by atoms with Gasteiger partial charge in [-0.2, -0.15) is 0 Å². The maximum Gasteiger partial charge on any atom is 2.00 e. The Bertz CT molecular complexity index is 35.9. The summed E-state index contributed by atoms with van der Waals surface area (Å²) in [7, 11) is 0. The smallest absolute Gasteiger partial charge is 0.550 e. The van der Waals surface area contributed by atoms with Crippen LogP contribution in [0.1, 0.15) is 6.92 Å². The molecule has 2 nitrogen and oxygen atoms in total. The number of carbonyl (C=O) groups excluding carboxylic acids is 1. The van der Waals surface area contributed by atoms with Crippen molar-refractivity contribution in [2.45, 2.75) is 6.92 Å². The second-order valence-corrected chi connectivity index (χ2v) is 0.492. The van der Waals surface area contributed by atoms with E-state index in [0.29, 0.717) is 0 Å². The first-order valence-electron chi connectivity index (χ1n) is 0.908. The van der Waals surface area contributed by atoms with E-state index in [1.807, 2.05) is 0 Å². The van der Waals surface area contributed by atoms with E-state index in [1.54, 1.807) is 0 Å². The maximum absolute atomic E-state index is 8.89. The Hall–Kier alpha value is 0.795. The zero-order chi connectivity index (χ0) is 3.58. The average molecular weight is 317 g/mol. The molecular weight excluding hydrogens is 305 g/mol. The third-order valence-corrected chi connectivity index (χ3v) is 0. The van der Waals surface area contributed by atoms with Gasteiger partial charge >= 0.3 is 40.8 Å². The van der Waals surface area contributed by atoms with Crippen molar-refractivity contribution in [2.75, 3.05) is 0 Å². The minimum Gasteiger partial charge on any atom is -0.550 e. The van der Waals surface area contributed by atoms with Crippen LogP contribution in [0, 0.1) is 22.3 Å². The first-order valence-corrected chi connectivity index (χ1v) is 0.908. The molecule has 0 saturated heterocycles. The molecule has 0 amide bonds. The van der Waals surface area contributed by atoms with Crippen molar-refractivity contribution >= 4 is 5.97 Å². The summed E-state index contributed by atoms with van der Waals surface area (Å²) in [5.74, 6) is -1.08. The number of carbonyl (C=O) groups is 1. The fourth-order valence-electron chi connectivity index (χ4n) is 0. The minimum absolute atomic E-state index is 0. The summed E-state index contributed by atoms with van der Waals surface area (Å²) in [5.41, 5.74) is 0. The Kier molecular flexibility index (Phi) is 217. The summed E-state index contributed by atoms with van der Waals surface area (Å²) in [5, 5.41) is 8.89. The second-order valence-electron chi connectivity index (χ2n) is 0.492. The van der Waals surface area contributed by atoms with E-state index in [9.17, 15) is 0 Å². The number of carboxylic acids is 1. The van der Waals surface area contributed by atoms with Gasteiger partial charge in [-0.15, -0.1) is 0 Å². The van der Waals surface area contributed by atoms with Crippen molar-refractivity contribution in [3.63, 3.8) is 0 Å². The van der Waals surface area contributed by atoms with Crippen LogP contribution in [0.2, 0.25) is 0 Å². The molecule has 0 bridgehead atoms. The van der Waals surface area contributed by atoms with Crippen molar-refractivity contribution in [3.8, 4) is 0 Å². The van der Waals surface area contributed by atoms with Gasteiger partial charge in [-0.1, -0.05) is 0 Å². The third-order valence-electron chi connectivity index (χ3n) is 0. The van der Waals surface area contributed by atoms with Gasteiger partial charge in [-0.05, 0) is 6.92 Å². The zero-order valence-electron chi connectivity index (χ0n) is 5.95. The van der Waals surface area contributed by atoms with Crippen LogP contribution in [0.4, 0.5) is 0 Å². The van der Waals surface area contributed by atoms with Crippen molar-refractivity contribution in [1.82, 2.24) is 0 Å². The SMILES string of the molecule is CC(=O)[O-].[CH3-].[CH3-].[CH3-].[Pd+2].[Pd+2]. The van der Waals surface area contributed by atoms with Crippen LogP contribution >= 0.6 is 0 Å². The molecule has 0 aromatic rings. The molecule has 9 heavy (non-hydrogen) atoms. The van der Waals surface area contributed by atoms with Crippen LogP contribution in [-0.4, -0.2) is 5.97 Å². The summed E-state index contributed by atoms with van der Waals surface area (Å²) in [6.45, 7) is 0.972. The molecule has 0 aromatic carbocycles. The van der Waals surface area contributed by atoms with Crippen LogP contribution in [0.3, 0.4) is 0 Å². The Balaban J connectivity index is -0.00000000450. The first-order chi connectivity index (χ1) is 1.73. The van der Waals surface area contributed by atoms with Crippen LogP contribution < -0.4 is 5.11 Å². The van der Waals surface area contributed by atoms with Crippen molar-refractivity contribution in [2.24, 2.45) is 0 Å². The molecule has 0 aliphatic carbocycles. The van der Waals surface area contributed by atoms with Crippen LogP contribution in [0.25, 0.3) is 0 Å². The van der Waals surface area contributed by atoms with Gasteiger partial charge in [0.05, 0.1) is 0 Å². The molecule has 0 heterocycles. The topological polar surface area (TPSA) is 40.1 Å². The van der Waals surface area contributed by atoms with Gasteiger partial charge in [0, 0.05) is 5.97 Å². The number of hydrogen-bond acceptors (Lipinski definition) is 2. The van der Waals surface area contributed by atoms with Gasteiger partial charge < -0.3 is 32.2 Å². The molecule has 0 atom stereocenters. The fourth-order valence-corrected chi connectivity index (χ4v) is 0. The van der Waals surface area contributed by atoms with Crippen molar-refractivity contribution in [3.05, 3.63) is 22.3 Å². The molecule has 0 rings (SSSR count). The van der Waals surface area contributed by atoms with Crippen LogP contribution in [0.15, 0.2) is 0 Å². The minimum atomic E-state index is -1.08. The van der Waals surface area contributed by atoms with Crippen LogP contribution in [0.5, 0.6) is 0 Å². The molecule has 0 aliphatic rings. The Morgan fingerprint density at radius 2 is 1.11 bits per heavy atom. The normalized spacial score (nSPS) is 2.78. The first kappa shape index (κ1) is 52.6. The van der Waals surface area contributed by atoms with E-state index < -0.39 is 5.97 Å². The predicted octanol–water partition coefficient (Wildman–Crippen LogP) is 0.102. The molecule has 0 saturated carbocycles. The third kappa shape index (κ3) is 643. The van der Waals surface area contributed by atoms with E-state index in [-0.39, 0.29) is 63.1 Å². The van der Waals surface area contributed by atoms with Gasteiger partial charge in [0.15, 0.2) is 0 Å². The largest absolute Gasteiger partial charge is 2.00 e. The van der Waals surface area contributed by atoms with Gasteiger partial charge in [-0.25, -0.2) is 0 Å².